The smallest absolute Gasteiger partial charge is 0.0128 e. The number of hydrogen-bond donors (Lipinski definition) is 2. The molecule has 0 heterocycles. The minimum Gasteiger partial charge on any atom is -0.330 e. The van der Waals surface area contributed by atoms with Gasteiger partial charge in [0.1, 0.15) is 0 Å². The molecule has 0 aliphatic rings. The second kappa shape index (κ2) is 4.07. The summed E-state index contributed by atoms with van der Waals surface area (Å²) >= 11 is 0. The maximum absolute atomic E-state index is 6.04. The van der Waals surface area contributed by atoms with Crippen LogP contribution in [0.1, 0.15) is 34.1 Å². The standard InChI is InChI=1S/C9H22N2/c1-5-7(6-10)8(11)9(2,3)4/h7-8H,5-6,10-11H2,1-4H3. The highest BCUT2D eigenvalue weighted by Gasteiger charge is 2.26. The van der Waals surface area contributed by atoms with Gasteiger partial charge in [-0.05, 0) is 17.9 Å². The van der Waals surface area contributed by atoms with Crippen molar-refractivity contribution in [3.05, 3.63) is 0 Å². The molecule has 0 spiro atoms. The molecule has 2 unspecified atom stereocenters. The van der Waals surface area contributed by atoms with Gasteiger partial charge in [0.15, 0.2) is 0 Å². The monoisotopic (exact) mass is 158 g/mol. The highest BCUT2D eigenvalue weighted by atomic mass is 14.7. The molecule has 0 fully saturated rings. The van der Waals surface area contributed by atoms with E-state index in [0.29, 0.717) is 12.5 Å². The first-order valence-corrected chi connectivity index (χ1v) is 4.39. The van der Waals surface area contributed by atoms with Gasteiger partial charge in [-0.3, -0.25) is 0 Å². The first kappa shape index (κ1) is 10.9. The van der Waals surface area contributed by atoms with Crippen LogP contribution in [0.3, 0.4) is 0 Å². The van der Waals surface area contributed by atoms with Gasteiger partial charge in [0, 0.05) is 6.04 Å². The lowest BCUT2D eigenvalue weighted by molar-refractivity contribution is 0.235. The zero-order valence-corrected chi connectivity index (χ0v) is 8.22. The molecule has 0 aromatic carbocycles. The van der Waals surface area contributed by atoms with E-state index in [-0.39, 0.29) is 11.5 Å². The van der Waals surface area contributed by atoms with Crippen molar-refractivity contribution in [2.45, 2.75) is 40.2 Å². The average molecular weight is 158 g/mol. The van der Waals surface area contributed by atoms with Crippen LogP contribution in [0.2, 0.25) is 0 Å². The summed E-state index contributed by atoms with van der Waals surface area (Å²) in [5, 5.41) is 0. The van der Waals surface area contributed by atoms with Crippen molar-refractivity contribution in [2.24, 2.45) is 22.8 Å². The Morgan fingerprint density at radius 3 is 1.82 bits per heavy atom. The molecule has 2 heteroatoms. The first-order valence-electron chi connectivity index (χ1n) is 4.39. The van der Waals surface area contributed by atoms with Crippen molar-refractivity contribution in [2.75, 3.05) is 6.54 Å². The predicted octanol–water partition coefficient (Wildman–Crippen LogP) is 1.34. The first-order chi connectivity index (χ1) is 4.93. The Bertz CT molecular complexity index is 101. The lowest BCUT2D eigenvalue weighted by Gasteiger charge is -2.33. The van der Waals surface area contributed by atoms with Crippen molar-refractivity contribution in [1.82, 2.24) is 0 Å². The van der Waals surface area contributed by atoms with Gasteiger partial charge >= 0.3 is 0 Å². The summed E-state index contributed by atoms with van der Waals surface area (Å²) in [6.07, 6.45) is 1.08. The van der Waals surface area contributed by atoms with Crippen LogP contribution in [0.25, 0.3) is 0 Å². The maximum Gasteiger partial charge on any atom is 0.0128 e. The van der Waals surface area contributed by atoms with Gasteiger partial charge in [0.05, 0.1) is 0 Å². The zero-order chi connectivity index (χ0) is 9.07. The van der Waals surface area contributed by atoms with Crippen molar-refractivity contribution < 1.29 is 0 Å². The largest absolute Gasteiger partial charge is 0.330 e. The van der Waals surface area contributed by atoms with Crippen LogP contribution in [-0.4, -0.2) is 12.6 Å². The van der Waals surface area contributed by atoms with E-state index in [0.717, 1.165) is 6.42 Å². The second-order valence-corrected chi connectivity index (χ2v) is 4.30. The number of nitrogens with two attached hydrogens (primary N) is 2. The second-order valence-electron chi connectivity index (χ2n) is 4.30. The van der Waals surface area contributed by atoms with Gasteiger partial charge < -0.3 is 11.5 Å². The fraction of sp³-hybridized carbons (Fsp3) is 1.00. The maximum atomic E-state index is 6.04. The van der Waals surface area contributed by atoms with Gasteiger partial charge in [-0.2, -0.15) is 0 Å². The fourth-order valence-corrected chi connectivity index (χ4v) is 1.27. The molecule has 0 bridgehead atoms. The third kappa shape index (κ3) is 3.21. The molecule has 0 aliphatic heterocycles. The van der Waals surface area contributed by atoms with Crippen molar-refractivity contribution in [3.63, 3.8) is 0 Å². The Labute approximate surface area is 70.3 Å². The van der Waals surface area contributed by atoms with Crippen molar-refractivity contribution in [1.29, 1.82) is 0 Å². The van der Waals surface area contributed by atoms with Crippen LogP contribution in [0.15, 0.2) is 0 Å². The average Bonchev–Trinajstić information content (AvgIpc) is 1.88. The highest BCUT2D eigenvalue weighted by molar-refractivity contribution is 4.83. The van der Waals surface area contributed by atoms with E-state index in [1.807, 2.05) is 0 Å². The Hall–Kier alpha value is -0.0800. The minimum absolute atomic E-state index is 0.181. The van der Waals surface area contributed by atoms with Crippen molar-refractivity contribution >= 4 is 0 Å². The summed E-state index contributed by atoms with van der Waals surface area (Å²) < 4.78 is 0. The molecular weight excluding hydrogens is 136 g/mol. The van der Waals surface area contributed by atoms with Crippen LogP contribution in [0, 0.1) is 11.3 Å². The topological polar surface area (TPSA) is 52.0 Å². The summed E-state index contributed by atoms with van der Waals surface area (Å²) in [7, 11) is 0. The summed E-state index contributed by atoms with van der Waals surface area (Å²) in [5.41, 5.74) is 11.8. The normalized spacial score (nSPS) is 18.0. The van der Waals surface area contributed by atoms with Crippen LogP contribution in [0.4, 0.5) is 0 Å². The number of rotatable bonds is 3. The lowest BCUT2D eigenvalue weighted by atomic mass is 9.78. The van der Waals surface area contributed by atoms with E-state index in [9.17, 15) is 0 Å². The Morgan fingerprint density at radius 1 is 1.27 bits per heavy atom. The Balaban J connectivity index is 4.09. The van der Waals surface area contributed by atoms with Crippen molar-refractivity contribution in [3.8, 4) is 0 Å². The molecule has 0 rings (SSSR count). The molecule has 0 aromatic heterocycles. The molecule has 0 amide bonds. The predicted molar refractivity (Wildman–Crippen MR) is 50.3 cm³/mol. The SMILES string of the molecule is CCC(CN)C(N)C(C)(C)C. The van der Waals surface area contributed by atoms with Gasteiger partial charge in [0.2, 0.25) is 0 Å². The molecule has 0 aliphatic carbocycles. The molecule has 0 saturated heterocycles. The minimum atomic E-state index is 0.181. The molecule has 68 valence electrons. The molecule has 11 heavy (non-hydrogen) atoms. The van der Waals surface area contributed by atoms with E-state index in [1.165, 1.54) is 0 Å². The number of hydrogen-bond acceptors (Lipinski definition) is 2. The van der Waals surface area contributed by atoms with Gasteiger partial charge in [-0.1, -0.05) is 34.1 Å². The lowest BCUT2D eigenvalue weighted by Crippen LogP contribution is -2.44. The van der Waals surface area contributed by atoms with Gasteiger partial charge in [-0.25, -0.2) is 0 Å². The molecule has 4 N–H and O–H groups in total. The van der Waals surface area contributed by atoms with E-state index in [4.69, 9.17) is 11.5 Å². The molecule has 2 nitrogen and oxygen atoms in total. The third-order valence-electron chi connectivity index (χ3n) is 2.33. The Morgan fingerprint density at radius 2 is 1.73 bits per heavy atom. The zero-order valence-electron chi connectivity index (χ0n) is 8.22. The van der Waals surface area contributed by atoms with E-state index < -0.39 is 0 Å². The summed E-state index contributed by atoms with van der Waals surface area (Å²) in [4.78, 5) is 0. The van der Waals surface area contributed by atoms with Crippen LogP contribution in [0.5, 0.6) is 0 Å². The van der Waals surface area contributed by atoms with Gasteiger partial charge in [-0.15, -0.1) is 0 Å². The summed E-state index contributed by atoms with van der Waals surface area (Å²) in [5.74, 6) is 0.468. The molecule has 0 radical (unpaired) electrons. The van der Waals surface area contributed by atoms with E-state index >= 15 is 0 Å². The molecule has 0 aromatic rings. The van der Waals surface area contributed by atoms with Crippen LogP contribution < -0.4 is 11.5 Å². The summed E-state index contributed by atoms with van der Waals surface area (Å²) in [6.45, 7) is 9.33. The molecular formula is C9H22N2. The quantitative estimate of drug-likeness (QED) is 0.651. The fourth-order valence-electron chi connectivity index (χ4n) is 1.27. The van der Waals surface area contributed by atoms with E-state index in [2.05, 4.69) is 27.7 Å². The van der Waals surface area contributed by atoms with Crippen LogP contribution in [-0.2, 0) is 0 Å². The highest BCUT2D eigenvalue weighted by Crippen LogP contribution is 2.24. The molecule has 0 saturated carbocycles. The molecule has 2 atom stereocenters. The third-order valence-corrected chi connectivity index (χ3v) is 2.33. The van der Waals surface area contributed by atoms with Crippen LogP contribution >= 0.6 is 0 Å². The Kier molecular flexibility index (Phi) is 4.04. The van der Waals surface area contributed by atoms with E-state index in [1.54, 1.807) is 0 Å². The van der Waals surface area contributed by atoms with Gasteiger partial charge in [0.25, 0.3) is 0 Å². The summed E-state index contributed by atoms with van der Waals surface area (Å²) in [6, 6.07) is 0.220.